The van der Waals surface area contributed by atoms with Crippen LogP contribution in [0.15, 0.2) is 23.1 Å². The number of carbonyl (C=O) groups is 1. The van der Waals surface area contributed by atoms with Crippen molar-refractivity contribution in [1.29, 1.82) is 0 Å². The molecular weight excluding hydrogens is 326 g/mol. The maximum Gasteiger partial charge on any atom is 0.240 e. The van der Waals surface area contributed by atoms with E-state index in [4.69, 9.17) is 5.73 Å². The highest BCUT2D eigenvalue weighted by Gasteiger charge is 2.27. The third-order valence-corrected chi connectivity index (χ3v) is 4.94. The first-order valence-electron chi connectivity index (χ1n) is 7.03. The van der Waals surface area contributed by atoms with Crippen LogP contribution < -0.4 is 15.4 Å². The van der Waals surface area contributed by atoms with Crippen molar-refractivity contribution in [3.8, 4) is 0 Å². The molecule has 124 valence electrons. The molecule has 1 aromatic rings. The second kappa shape index (κ2) is 7.41. The third-order valence-electron chi connectivity index (χ3n) is 3.39. The van der Waals surface area contributed by atoms with Gasteiger partial charge < -0.3 is 10.6 Å². The van der Waals surface area contributed by atoms with E-state index < -0.39 is 10.0 Å². The number of carbonyl (C=O) groups excluding carboxylic acids is 1. The molecule has 8 heteroatoms. The van der Waals surface area contributed by atoms with Crippen molar-refractivity contribution in [2.75, 3.05) is 18.0 Å². The zero-order chi connectivity index (χ0) is 15.6. The highest BCUT2D eigenvalue weighted by atomic mass is 35.5. The van der Waals surface area contributed by atoms with E-state index in [-0.39, 0.29) is 35.7 Å². The smallest absolute Gasteiger partial charge is 0.240 e. The highest BCUT2D eigenvalue weighted by Crippen LogP contribution is 2.31. The number of nitrogens with one attached hydrogen (secondary N) is 1. The molecule has 2 rings (SSSR count). The monoisotopic (exact) mass is 347 g/mol. The number of sulfonamides is 1. The molecule has 1 amide bonds. The Kier molecular flexibility index (Phi) is 6.37. The van der Waals surface area contributed by atoms with Crippen molar-refractivity contribution in [2.24, 2.45) is 5.73 Å². The normalized spacial score (nSPS) is 15.1. The maximum atomic E-state index is 12.2. The Morgan fingerprint density at radius 1 is 1.45 bits per heavy atom. The summed E-state index contributed by atoms with van der Waals surface area (Å²) in [5.41, 5.74) is 7.34. The molecule has 0 aromatic heterocycles. The summed E-state index contributed by atoms with van der Waals surface area (Å²) < 4.78 is 26.6. The summed E-state index contributed by atoms with van der Waals surface area (Å²) in [4.78, 5) is 14.0. The summed E-state index contributed by atoms with van der Waals surface area (Å²) in [5, 5.41) is 0. The van der Waals surface area contributed by atoms with Gasteiger partial charge in [0.15, 0.2) is 0 Å². The Labute approximate surface area is 137 Å². The number of fused-ring (bicyclic) bond motifs is 1. The molecule has 1 heterocycles. The van der Waals surface area contributed by atoms with Gasteiger partial charge in [-0.1, -0.05) is 13.0 Å². The fourth-order valence-corrected chi connectivity index (χ4v) is 3.50. The van der Waals surface area contributed by atoms with E-state index in [1.54, 1.807) is 36.9 Å². The molecule has 0 aliphatic carbocycles. The Balaban J connectivity index is 0.00000242. The molecular formula is C14H22ClN3O3S. The number of anilines is 1. The lowest BCUT2D eigenvalue weighted by atomic mass is 10.1. The van der Waals surface area contributed by atoms with Crippen LogP contribution >= 0.6 is 12.4 Å². The van der Waals surface area contributed by atoms with Crippen molar-refractivity contribution in [3.63, 3.8) is 0 Å². The number of amides is 1. The molecule has 0 fully saturated rings. The Hall–Kier alpha value is -1.15. The number of rotatable bonds is 5. The molecule has 1 aliphatic heterocycles. The maximum absolute atomic E-state index is 12.2. The third kappa shape index (κ3) is 3.98. The van der Waals surface area contributed by atoms with Gasteiger partial charge in [-0.15, -0.1) is 12.4 Å². The van der Waals surface area contributed by atoms with Gasteiger partial charge >= 0.3 is 0 Å². The summed E-state index contributed by atoms with van der Waals surface area (Å²) in [5.74, 6) is -0.0678. The number of benzene rings is 1. The molecule has 1 unspecified atom stereocenters. The molecule has 0 spiro atoms. The van der Waals surface area contributed by atoms with Gasteiger partial charge in [-0.2, -0.15) is 0 Å². The lowest BCUT2D eigenvalue weighted by molar-refractivity contribution is -0.118. The van der Waals surface area contributed by atoms with Crippen LogP contribution in [-0.4, -0.2) is 33.5 Å². The number of nitrogens with zero attached hydrogens (tertiary/aromatic N) is 1. The fourth-order valence-electron chi connectivity index (χ4n) is 2.44. The summed E-state index contributed by atoms with van der Waals surface area (Å²) >= 11 is 0. The van der Waals surface area contributed by atoms with Gasteiger partial charge in [0.2, 0.25) is 15.9 Å². The Morgan fingerprint density at radius 3 is 2.73 bits per heavy atom. The van der Waals surface area contributed by atoms with Gasteiger partial charge in [-0.3, -0.25) is 4.79 Å². The number of hydrogen-bond donors (Lipinski definition) is 2. The Morgan fingerprint density at radius 2 is 2.14 bits per heavy atom. The van der Waals surface area contributed by atoms with Gasteiger partial charge in [-0.05, 0) is 31.0 Å². The summed E-state index contributed by atoms with van der Waals surface area (Å²) in [6.07, 6.45) is 0.991. The lowest BCUT2D eigenvalue weighted by Gasteiger charge is -2.19. The van der Waals surface area contributed by atoms with Crippen LogP contribution in [0.4, 0.5) is 5.69 Å². The number of hydrogen-bond acceptors (Lipinski definition) is 4. The number of halogens is 1. The second-order valence-electron chi connectivity index (χ2n) is 5.27. The molecule has 1 atom stereocenters. The largest absolute Gasteiger partial charge is 0.327 e. The highest BCUT2D eigenvalue weighted by molar-refractivity contribution is 7.89. The molecule has 3 N–H and O–H groups in total. The van der Waals surface area contributed by atoms with E-state index in [0.717, 1.165) is 12.0 Å². The van der Waals surface area contributed by atoms with Crippen molar-refractivity contribution in [1.82, 2.24) is 4.72 Å². The molecule has 6 nitrogen and oxygen atoms in total. The summed E-state index contributed by atoms with van der Waals surface area (Å²) in [7, 11) is -3.52. The molecule has 0 saturated carbocycles. The first-order valence-corrected chi connectivity index (χ1v) is 8.52. The SMILES string of the molecule is CCNS(=O)(=O)c1ccc2c(c1)N(C(=O)CC(C)N)CC2.Cl. The van der Waals surface area contributed by atoms with Gasteiger partial charge in [0.05, 0.1) is 4.90 Å². The van der Waals surface area contributed by atoms with Crippen LogP contribution in [0.5, 0.6) is 0 Å². The standard InChI is InChI=1S/C14H21N3O3S.ClH/c1-3-16-21(19,20)12-5-4-11-6-7-17(13(11)9-12)14(18)8-10(2)15;/h4-5,9-10,16H,3,6-8,15H2,1-2H3;1H. The topological polar surface area (TPSA) is 92.5 Å². The van der Waals surface area contributed by atoms with Crippen molar-refractivity contribution in [2.45, 2.75) is 37.6 Å². The minimum Gasteiger partial charge on any atom is -0.327 e. The second-order valence-corrected chi connectivity index (χ2v) is 7.04. The van der Waals surface area contributed by atoms with Crippen LogP contribution in [0.25, 0.3) is 0 Å². The van der Waals surface area contributed by atoms with Crippen molar-refractivity contribution >= 4 is 34.0 Å². The van der Waals surface area contributed by atoms with Gasteiger partial charge in [0, 0.05) is 31.2 Å². The minimum atomic E-state index is -3.52. The first-order chi connectivity index (χ1) is 9.85. The van der Waals surface area contributed by atoms with Crippen LogP contribution in [0, 0.1) is 0 Å². The molecule has 1 aromatic carbocycles. The molecule has 0 saturated heterocycles. The first kappa shape index (κ1) is 18.9. The van der Waals surface area contributed by atoms with Gasteiger partial charge in [0.1, 0.15) is 0 Å². The van der Waals surface area contributed by atoms with Crippen LogP contribution in [0.2, 0.25) is 0 Å². The van der Waals surface area contributed by atoms with Gasteiger partial charge in [0.25, 0.3) is 0 Å². The van der Waals surface area contributed by atoms with Crippen molar-refractivity contribution < 1.29 is 13.2 Å². The van der Waals surface area contributed by atoms with Crippen LogP contribution in [0.3, 0.4) is 0 Å². The quantitative estimate of drug-likeness (QED) is 0.832. The zero-order valence-corrected chi connectivity index (χ0v) is 14.3. The zero-order valence-electron chi connectivity index (χ0n) is 12.7. The molecule has 1 aliphatic rings. The average Bonchev–Trinajstić information content (AvgIpc) is 2.80. The van der Waals surface area contributed by atoms with E-state index >= 15 is 0 Å². The molecule has 0 radical (unpaired) electrons. The van der Waals surface area contributed by atoms with Crippen LogP contribution in [-0.2, 0) is 21.2 Å². The summed E-state index contributed by atoms with van der Waals surface area (Å²) in [6.45, 7) is 4.41. The van der Waals surface area contributed by atoms with E-state index in [1.807, 2.05) is 0 Å². The minimum absolute atomic E-state index is 0. The predicted molar refractivity (Wildman–Crippen MR) is 88.9 cm³/mol. The lowest BCUT2D eigenvalue weighted by Crippen LogP contribution is -2.33. The molecule has 22 heavy (non-hydrogen) atoms. The van der Waals surface area contributed by atoms with E-state index in [9.17, 15) is 13.2 Å². The molecule has 0 bridgehead atoms. The van der Waals surface area contributed by atoms with Gasteiger partial charge in [-0.25, -0.2) is 13.1 Å². The number of nitrogens with two attached hydrogens (primary N) is 1. The summed E-state index contributed by atoms with van der Waals surface area (Å²) in [6, 6.07) is 4.71. The van der Waals surface area contributed by atoms with E-state index in [2.05, 4.69) is 4.72 Å². The van der Waals surface area contributed by atoms with E-state index in [0.29, 0.717) is 18.8 Å². The van der Waals surface area contributed by atoms with Crippen LogP contribution in [0.1, 0.15) is 25.8 Å². The van der Waals surface area contributed by atoms with Crippen molar-refractivity contribution in [3.05, 3.63) is 23.8 Å². The van der Waals surface area contributed by atoms with E-state index in [1.165, 1.54) is 0 Å². The average molecular weight is 348 g/mol. The fraction of sp³-hybridized carbons (Fsp3) is 0.500. The predicted octanol–water partition coefficient (Wildman–Crippen LogP) is 1.03. The Bertz CT molecular complexity index is 647.